The van der Waals surface area contributed by atoms with Crippen LogP contribution in [0.15, 0.2) is 78.9 Å². The van der Waals surface area contributed by atoms with Gasteiger partial charge in [-0.05, 0) is 58.3 Å². The molecule has 0 radical (unpaired) electrons. The number of fused-ring (bicyclic) bond motifs is 1. The normalized spacial score (nSPS) is 11.7. The van der Waals surface area contributed by atoms with Crippen molar-refractivity contribution >= 4 is 34.0 Å². The van der Waals surface area contributed by atoms with Crippen LogP contribution in [0.2, 0.25) is 19.1 Å². The Morgan fingerprint density at radius 1 is 0.897 bits per heavy atom. The van der Waals surface area contributed by atoms with Crippen LogP contribution in [0, 0.1) is 5.82 Å². The zero-order valence-corrected chi connectivity index (χ0v) is 18.6. The van der Waals surface area contributed by atoms with Gasteiger partial charge in [-0.25, -0.2) is 4.39 Å². The summed E-state index contributed by atoms with van der Waals surface area (Å²) in [4.78, 5) is 0. The molecule has 4 rings (SSSR count). The summed E-state index contributed by atoms with van der Waals surface area (Å²) in [5.74, 6) is 0.633. The second-order valence-corrected chi connectivity index (χ2v) is 14.3. The van der Waals surface area contributed by atoms with Gasteiger partial charge < -0.3 is 4.74 Å². The topological polar surface area (TPSA) is 9.23 Å². The zero-order valence-electron chi connectivity index (χ0n) is 16.8. The first-order valence-electron chi connectivity index (χ1n) is 10.0. The minimum Gasteiger partial charge on any atom is -0.454 e. The van der Waals surface area contributed by atoms with Gasteiger partial charge in [-0.3, -0.25) is 0 Å². The maximum absolute atomic E-state index is 14.2. The van der Waals surface area contributed by atoms with Gasteiger partial charge in [-0.2, -0.15) is 0 Å². The van der Waals surface area contributed by atoms with Gasteiger partial charge in [0.15, 0.2) is 11.6 Å². The molecule has 0 atom stereocenters. The highest BCUT2D eigenvalue weighted by atomic mass is 32.1. The van der Waals surface area contributed by atoms with Crippen LogP contribution in [0.25, 0.3) is 10.1 Å². The number of aryl methyl sites for hydroxylation is 1. The molecule has 0 aliphatic rings. The third kappa shape index (κ3) is 4.77. The molecule has 1 nitrogen and oxygen atoms in total. The Labute approximate surface area is 176 Å². The predicted octanol–water partition coefficient (Wildman–Crippen LogP) is 7.38. The van der Waals surface area contributed by atoms with E-state index in [-0.39, 0.29) is 5.82 Å². The Bertz CT molecular complexity index is 1070. The summed E-state index contributed by atoms with van der Waals surface area (Å²) in [5, 5.41) is 1.36. The molecule has 0 bridgehead atoms. The molecule has 0 aliphatic carbocycles. The fourth-order valence-electron chi connectivity index (χ4n) is 3.57. The molecule has 4 aromatic rings. The summed E-state index contributed by atoms with van der Waals surface area (Å²) in [6, 6.07) is 26.8. The van der Waals surface area contributed by atoms with Crippen LogP contribution in [0.4, 0.5) is 4.39 Å². The molecule has 1 heterocycles. The molecule has 148 valence electrons. The number of hydrogen-bond acceptors (Lipinski definition) is 2. The van der Waals surface area contributed by atoms with Crippen LogP contribution in [0.1, 0.15) is 12.0 Å². The minimum absolute atomic E-state index is 0.301. The summed E-state index contributed by atoms with van der Waals surface area (Å²) in [6.45, 7) is 4.90. The number of rotatable bonds is 7. The Balaban J connectivity index is 1.41. The van der Waals surface area contributed by atoms with Crippen molar-refractivity contribution in [2.75, 3.05) is 0 Å². The van der Waals surface area contributed by atoms with E-state index in [1.807, 2.05) is 53.8 Å². The Hall–Kier alpha value is -2.43. The van der Waals surface area contributed by atoms with Crippen molar-refractivity contribution in [3.63, 3.8) is 0 Å². The first-order valence-corrected chi connectivity index (χ1v) is 14.0. The van der Waals surface area contributed by atoms with Crippen molar-refractivity contribution < 1.29 is 9.13 Å². The van der Waals surface area contributed by atoms with Gasteiger partial charge in [-0.15, -0.1) is 11.3 Å². The quantitative estimate of drug-likeness (QED) is 0.283. The van der Waals surface area contributed by atoms with Crippen LogP contribution in [0.3, 0.4) is 0 Å². The molecule has 29 heavy (non-hydrogen) atoms. The second-order valence-electron chi connectivity index (χ2n) is 8.07. The smallest absolute Gasteiger partial charge is 0.165 e. The van der Waals surface area contributed by atoms with Gasteiger partial charge in [0.05, 0.1) is 8.07 Å². The molecule has 4 heteroatoms. The summed E-state index contributed by atoms with van der Waals surface area (Å²) >= 11 is 1.95. The minimum atomic E-state index is -1.49. The van der Waals surface area contributed by atoms with Crippen molar-refractivity contribution in [1.82, 2.24) is 0 Å². The highest BCUT2D eigenvalue weighted by Gasteiger charge is 2.25. The summed E-state index contributed by atoms with van der Waals surface area (Å²) in [5.41, 5.74) is 1.12. The van der Waals surface area contributed by atoms with Crippen LogP contribution in [-0.2, 0) is 6.42 Å². The predicted molar refractivity (Wildman–Crippen MR) is 125 cm³/mol. The van der Waals surface area contributed by atoms with E-state index in [2.05, 4.69) is 43.4 Å². The van der Waals surface area contributed by atoms with E-state index in [0.717, 1.165) is 18.4 Å². The average Bonchev–Trinajstić information content (AvgIpc) is 3.16. The zero-order chi connectivity index (χ0) is 20.3. The van der Waals surface area contributed by atoms with Crippen LogP contribution < -0.4 is 9.24 Å². The average molecular weight is 421 g/mol. The molecule has 0 saturated carbocycles. The molecule has 0 spiro atoms. The molecular weight excluding hydrogens is 395 g/mol. The van der Waals surface area contributed by atoms with Gasteiger partial charge in [0.25, 0.3) is 0 Å². The van der Waals surface area contributed by atoms with E-state index < -0.39 is 8.07 Å². The van der Waals surface area contributed by atoms with Crippen LogP contribution in [-0.4, -0.2) is 8.07 Å². The lowest BCUT2D eigenvalue weighted by molar-refractivity contribution is 0.441. The fraction of sp³-hybridized carbons (Fsp3) is 0.200. The molecule has 1 aromatic heterocycles. The number of hydrogen-bond donors (Lipinski definition) is 0. The third-order valence-corrected chi connectivity index (χ3v) is 11.3. The first-order chi connectivity index (χ1) is 14.0. The van der Waals surface area contributed by atoms with Gasteiger partial charge in [0, 0.05) is 4.70 Å². The van der Waals surface area contributed by atoms with Crippen LogP contribution >= 0.6 is 11.3 Å². The molecule has 0 unspecified atom stereocenters. The molecule has 0 N–H and O–H groups in total. The summed E-state index contributed by atoms with van der Waals surface area (Å²) in [6.07, 6.45) is 2.04. The van der Waals surface area contributed by atoms with E-state index in [1.165, 1.54) is 22.2 Å². The van der Waals surface area contributed by atoms with Crippen LogP contribution in [0.5, 0.6) is 11.5 Å². The largest absolute Gasteiger partial charge is 0.454 e. The SMILES string of the molecule is C[Si](C)(CCCc1ccc(F)c(Oc2ccccc2)c1)c1cc2ccccc2s1. The maximum Gasteiger partial charge on any atom is 0.165 e. The molecule has 0 fully saturated rings. The van der Waals surface area contributed by atoms with E-state index in [0.29, 0.717) is 11.5 Å². The van der Waals surface area contributed by atoms with E-state index in [9.17, 15) is 4.39 Å². The van der Waals surface area contributed by atoms with E-state index in [1.54, 1.807) is 4.50 Å². The van der Waals surface area contributed by atoms with E-state index >= 15 is 0 Å². The lowest BCUT2D eigenvalue weighted by atomic mass is 10.1. The maximum atomic E-state index is 14.2. The lowest BCUT2D eigenvalue weighted by Gasteiger charge is -2.20. The van der Waals surface area contributed by atoms with Crippen molar-refractivity contribution in [2.24, 2.45) is 0 Å². The van der Waals surface area contributed by atoms with Gasteiger partial charge in [0.2, 0.25) is 0 Å². The molecule has 3 aromatic carbocycles. The highest BCUT2D eigenvalue weighted by molar-refractivity contribution is 7.31. The number of benzene rings is 3. The number of para-hydroxylation sites is 1. The fourth-order valence-corrected chi connectivity index (χ4v) is 7.98. The highest BCUT2D eigenvalue weighted by Crippen LogP contribution is 2.28. The van der Waals surface area contributed by atoms with Crippen molar-refractivity contribution in [1.29, 1.82) is 0 Å². The number of halogens is 1. The number of ether oxygens (including phenoxy) is 1. The Morgan fingerprint density at radius 3 is 2.45 bits per heavy atom. The third-order valence-electron chi connectivity index (χ3n) is 5.33. The standard InChI is InChI=1S/C25H25FOSSi/c1-29(2,25-18-20-10-6-7-13-24(20)28-25)16-8-9-19-14-15-22(26)23(17-19)27-21-11-4-3-5-12-21/h3-7,10-15,17-18H,8-9,16H2,1-2H3. The molecular formula is C25H25FOSSi. The monoisotopic (exact) mass is 420 g/mol. The molecule has 0 amide bonds. The summed E-state index contributed by atoms with van der Waals surface area (Å²) < 4.78 is 22.8. The molecule has 0 saturated heterocycles. The Morgan fingerprint density at radius 2 is 1.66 bits per heavy atom. The van der Waals surface area contributed by atoms with E-state index in [4.69, 9.17) is 4.74 Å². The van der Waals surface area contributed by atoms with Crippen molar-refractivity contribution in [3.8, 4) is 11.5 Å². The van der Waals surface area contributed by atoms with Gasteiger partial charge >= 0.3 is 0 Å². The summed E-state index contributed by atoms with van der Waals surface area (Å²) in [7, 11) is -1.49. The van der Waals surface area contributed by atoms with Gasteiger partial charge in [0.1, 0.15) is 5.75 Å². The van der Waals surface area contributed by atoms with Crippen molar-refractivity contribution in [3.05, 3.63) is 90.2 Å². The number of thiophene rings is 1. The van der Waals surface area contributed by atoms with Gasteiger partial charge in [-0.1, -0.05) is 68.0 Å². The Kier molecular flexibility index (Phi) is 5.83. The second kappa shape index (κ2) is 8.52. The lowest BCUT2D eigenvalue weighted by Crippen LogP contribution is -2.38. The molecule has 0 aliphatic heterocycles. The van der Waals surface area contributed by atoms with Crippen molar-refractivity contribution in [2.45, 2.75) is 32.0 Å². The first kappa shape index (κ1) is 19.9.